The van der Waals surface area contributed by atoms with E-state index in [-0.39, 0.29) is 5.78 Å². The van der Waals surface area contributed by atoms with Crippen LogP contribution >= 0.6 is 0 Å². The molecular formula is C10H16O2. The summed E-state index contributed by atoms with van der Waals surface area (Å²) in [5.74, 6) is -0.784. The van der Waals surface area contributed by atoms with Gasteiger partial charge in [-0.3, -0.25) is 9.59 Å². The summed E-state index contributed by atoms with van der Waals surface area (Å²) in [5, 5.41) is 0. The third kappa shape index (κ3) is 5.83. The lowest BCUT2D eigenvalue weighted by atomic mass is 10.2. The molecule has 0 unspecified atom stereocenters. The fourth-order valence-electron chi connectivity index (χ4n) is 0.820. The van der Waals surface area contributed by atoms with E-state index >= 15 is 0 Å². The first-order valence-corrected chi connectivity index (χ1v) is 4.40. The molecule has 0 aromatic heterocycles. The molecule has 0 aliphatic rings. The molecule has 0 radical (unpaired) electrons. The number of carbonyl (C=O) groups excluding carboxylic acids is 2. The number of carbonyl (C=O) groups is 2. The van der Waals surface area contributed by atoms with Gasteiger partial charge >= 0.3 is 0 Å². The Morgan fingerprint density at radius 2 is 1.92 bits per heavy atom. The van der Waals surface area contributed by atoms with Crippen molar-refractivity contribution in [1.82, 2.24) is 0 Å². The zero-order valence-electron chi connectivity index (χ0n) is 7.80. The number of hydrogen-bond acceptors (Lipinski definition) is 2. The molecule has 0 fully saturated rings. The van der Waals surface area contributed by atoms with Gasteiger partial charge in [0.05, 0.1) is 0 Å². The largest absolute Gasteiger partial charge is 0.291 e. The predicted octanol–water partition coefficient (Wildman–Crippen LogP) is 2.28. The number of ketones is 2. The molecule has 0 aliphatic heterocycles. The fraction of sp³-hybridized carbons (Fsp3) is 0.600. The van der Waals surface area contributed by atoms with Crippen LogP contribution < -0.4 is 0 Å². The van der Waals surface area contributed by atoms with Gasteiger partial charge in [0.25, 0.3) is 0 Å². The van der Waals surface area contributed by atoms with Crippen LogP contribution in [0.4, 0.5) is 0 Å². The Morgan fingerprint density at radius 3 is 2.42 bits per heavy atom. The van der Waals surface area contributed by atoms with E-state index in [1.807, 2.05) is 0 Å². The molecule has 68 valence electrons. The second-order valence-corrected chi connectivity index (χ2v) is 2.82. The lowest BCUT2D eigenvalue weighted by Gasteiger charge is -1.90. The molecule has 0 heterocycles. The third-order valence-electron chi connectivity index (χ3n) is 1.59. The van der Waals surface area contributed by atoms with Crippen LogP contribution in [0.1, 0.15) is 39.5 Å². The molecule has 0 spiro atoms. The highest BCUT2D eigenvalue weighted by Gasteiger charge is 2.00. The molecule has 0 aliphatic carbocycles. The van der Waals surface area contributed by atoms with E-state index in [9.17, 15) is 9.59 Å². The van der Waals surface area contributed by atoms with E-state index in [2.05, 4.69) is 6.92 Å². The van der Waals surface area contributed by atoms with Gasteiger partial charge in [0.1, 0.15) is 0 Å². The minimum Gasteiger partial charge on any atom is -0.291 e. The first-order valence-electron chi connectivity index (χ1n) is 4.40. The molecule has 0 amide bonds. The van der Waals surface area contributed by atoms with Crippen molar-refractivity contribution in [3.8, 4) is 0 Å². The maximum atomic E-state index is 10.7. The van der Waals surface area contributed by atoms with E-state index in [0.29, 0.717) is 0 Å². The maximum Gasteiger partial charge on any atom is 0.220 e. The quantitative estimate of drug-likeness (QED) is 0.346. The van der Waals surface area contributed by atoms with Gasteiger partial charge in [-0.15, -0.1) is 0 Å². The summed E-state index contributed by atoms with van der Waals surface area (Å²) in [6.45, 7) is 3.42. The molecule has 0 N–H and O–H groups in total. The molecule has 0 saturated heterocycles. The number of allylic oxidation sites excluding steroid dienone is 2. The van der Waals surface area contributed by atoms with Crippen LogP contribution in [0.15, 0.2) is 12.2 Å². The van der Waals surface area contributed by atoms with E-state index < -0.39 is 5.78 Å². The van der Waals surface area contributed by atoms with Crippen molar-refractivity contribution in [2.75, 3.05) is 0 Å². The molecule has 0 atom stereocenters. The Morgan fingerprint density at radius 1 is 1.25 bits per heavy atom. The van der Waals surface area contributed by atoms with E-state index in [1.54, 1.807) is 6.08 Å². The second kappa shape index (κ2) is 6.77. The summed E-state index contributed by atoms with van der Waals surface area (Å²) in [6.07, 6.45) is 7.50. The van der Waals surface area contributed by atoms with Crippen molar-refractivity contribution in [1.29, 1.82) is 0 Å². The molecule has 0 aromatic carbocycles. The Bertz CT molecular complexity index is 180. The van der Waals surface area contributed by atoms with Crippen LogP contribution in [0.5, 0.6) is 0 Å². The number of Topliss-reactive ketones (excluding diaryl/α,β-unsaturated/α-hetero) is 1. The fourth-order valence-corrected chi connectivity index (χ4v) is 0.820. The number of hydrogen-bond donors (Lipinski definition) is 0. The summed E-state index contributed by atoms with van der Waals surface area (Å²) in [6, 6.07) is 0. The van der Waals surface area contributed by atoms with Gasteiger partial charge in [0, 0.05) is 6.92 Å². The average Bonchev–Trinajstić information content (AvgIpc) is 2.03. The lowest BCUT2D eigenvalue weighted by molar-refractivity contribution is -0.132. The third-order valence-corrected chi connectivity index (χ3v) is 1.59. The molecule has 2 heteroatoms. The number of unbranched alkanes of at least 4 members (excludes halogenated alkanes) is 3. The predicted molar refractivity (Wildman–Crippen MR) is 49.0 cm³/mol. The smallest absolute Gasteiger partial charge is 0.220 e. The van der Waals surface area contributed by atoms with Crippen LogP contribution in [-0.2, 0) is 9.59 Å². The van der Waals surface area contributed by atoms with Gasteiger partial charge in [-0.25, -0.2) is 0 Å². The van der Waals surface area contributed by atoms with Crippen LogP contribution in [-0.4, -0.2) is 11.6 Å². The van der Waals surface area contributed by atoms with E-state index in [0.717, 1.165) is 12.8 Å². The first-order chi connectivity index (χ1) is 5.68. The Kier molecular flexibility index (Phi) is 6.25. The van der Waals surface area contributed by atoms with Gasteiger partial charge in [-0.05, 0) is 18.9 Å². The maximum absolute atomic E-state index is 10.7. The van der Waals surface area contributed by atoms with Crippen LogP contribution in [0.2, 0.25) is 0 Å². The Hall–Kier alpha value is -0.920. The molecule has 0 rings (SSSR count). The van der Waals surface area contributed by atoms with Crippen molar-refractivity contribution in [3.63, 3.8) is 0 Å². The lowest BCUT2D eigenvalue weighted by Crippen LogP contribution is -2.04. The summed E-state index contributed by atoms with van der Waals surface area (Å²) in [5.41, 5.74) is 0. The topological polar surface area (TPSA) is 34.1 Å². The summed E-state index contributed by atoms with van der Waals surface area (Å²) < 4.78 is 0. The standard InChI is InChI=1S/C10H16O2/c1-3-4-5-6-7-8-10(12)9(2)11/h7-8H,3-6H2,1-2H3. The normalized spacial score (nSPS) is 10.5. The minimum absolute atomic E-state index is 0.387. The van der Waals surface area contributed by atoms with Gasteiger partial charge in [0.15, 0.2) is 5.78 Å². The van der Waals surface area contributed by atoms with Crippen molar-refractivity contribution in [2.45, 2.75) is 39.5 Å². The molecular weight excluding hydrogens is 152 g/mol. The van der Waals surface area contributed by atoms with Crippen molar-refractivity contribution < 1.29 is 9.59 Å². The number of rotatable bonds is 6. The SMILES string of the molecule is CCCCCC=CC(=O)C(C)=O. The molecule has 0 bridgehead atoms. The van der Waals surface area contributed by atoms with E-state index in [4.69, 9.17) is 0 Å². The van der Waals surface area contributed by atoms with Gasteiger partial charge in [-0.2, -0.15) is 0 Å². The zero-order valence-corrected chi connectivity index (χ0v) is 7.80. The van der Waals surface area contributed by atoms with Crippen LogP contribution in [0.25, 0.3) is 0 Å². The van der Waals surface area contributed by atoms with Gasteiger partial charge < -0.3 is 0 Å². The highest BCUT2D eigenvalue weighted by Crippen LogP contribution is 1.99. The van der Waals surface area contributed by atoms with Crippen molar-refractivity contribution >= 4 is 11.6 Å². The molecule has 0 aromatic rings. The summed E-state index contributed by atoms with van der Waals surface area (Å²) in [4.78, 5) is 21.2. The highest BCUT2D eigenvalue weighted by molar-refractivity contribution is 6.40. The van der Waals surface area contributed by atoms with Crippen molar-refractivity contribution in [2.24, 2.45) is 0 Å². The molecule has 2 nitrogen and oxygen atoms in total. The summed E-state index contributed by atoms with van der Waals surface area (Å²) in [7, 11) is 0. The minimum atomic E-state index is -0.397. The average molecular weight is 168 g/mol. The van der Waals surface area contributed by atoms with Gasteiger partial charge in [0.2, 0.25) is 5.78 Å². The monoisotopic (exact) mass is 168 g/mol. The Balaban J connectivity index is 3.48. The van der Waals surface area contributed by atoms with Gasteiger partial charge in [-0.1, -0.05) is 25.8 Å². The van der Waals surface area contributed by atoms with E-state index in [1.165, 1.54) is 25.8 Å². The highest BCUT2D eigenvalue weighted by atomic mass is 16.2. The second-order valence-electron chi connectivity index (χ2n) is 2.82. The first kappa shape index (κ1) is 11.1. The molecule has 12 heavy (non-hydrogen) atoms. The zero-order chi connectivity index (χ0) is 9.40. The van der Waals surface area contributed by atoms with Crippen molar-refractivity contribution in [3.05, 3.63) is 12.2 Å². The summed E-state index contributed by atoms with van der Waals surface area (Å²) >= 11 is 0. The molecule has 0 saturated carbocycles. The van der Waals surface area contributed by atoms with Crippen LogP contribution in [0, 0.1) is 0 Å². The van der Waals surface area contributed by atoms with Crippen LogP contribution in [0.3, 0.4) is 0 Å². The Labute approximate surface area is 73.7 Å².